The molecule has 2 aromatic carbocycles. The molecule has 0 aliphatic carbocycles. The number of amides is 2. The van der Waals surface area contributed by atoms with Crippen LogP contribution in [0.1, 0.15) is 27.9 Å². The summed E-state index contributed by atoms with van der Waals surface area (Å²) in [5.74, 6) is 5.06. The number of hydrogen-bond acceptors (Lipinski definition) is 5. The minimum Gasteiger partial charge on any atom is -0.391 e. The molecule has 1 aliphatic rings. The summed E-state index contributed by atoms with van der Waals surface area (Å²) in [6.07, 6.45) is -0.709. The Morgan fingerprint density at radius 2 is 1.59 bits per heavy atom. The fourth-order valence-electron chi connectivity index (χ4n) is 3.21. The number of benzene rings is 2. The van der Waals surface area contributed by atoms with Crippen molar-refractivity contribution in [2.75, 3.05) is 25.5 Å². The van der Waals surface area contributed by atoms with Crippen molar-refractivity contribution in [3.8, 4) is 11.8 Å². The Bertz CT molecular complexity index is 943. The molecule has 0 saturated carbocycles. The number of carbonyl (C=O) groups is 2. The molecule has 3 N–H and O–H groups in total. The van der Waals surface area contributed by atoms with E-state index in [0.717, 1.165) is 16.8 Å². The second kappa shape index (κ2) is 8.78. The molecule has 0 bridgehead atoms. The maximum Gasteiger partial charge on any atom is 0.266 e. The van der Waals surface area contributed by atoms with Crippen molar-refractivity contribution in [2.45, 2.75) is 18.6 Å². The van der Waals surface area contributed by atoms with Gasteiger partial charge in [-0.1, -0.05) is 11.8 Å². The highest BCUT2D eigenvalue weighted by molar-refractivity contribution is 5.98. The zero-order valence-corrected chi connectivity index (χ0v) is 16.3. The lowest BCUT2D eigenvalue weighted by Crippen LogP contribution is -2.45. The summed E-state index contributed by atoms with van der Waals surface area (Å²) in [6, 6.07) is 13.7. The first kappa shape index (κ1) is 20.4. The van der Waals surface area contributed by atoms with Gasteiger partial charge in [0.25, 0.3) is 11.8 Å². The van der Waals surface area contributed by atoms with Gasteiger partial charge >= 0.3 is 0 Å². The Morgan fingerprint density at radius 1 is 1.03 bits per heavy atom. The minimum absolute atomic E-state index is 0.0431. The van der Waals surface area contributed by atoms with Crippen molar-refractivity contribution in [1.29, 1.82) is 0 Å². The van der Waals surface area contributed by atoms with E-state index < -0.39 is 18.1 Å². The average Bonchev–Trinajstić information content (AvgIpc) is 3.13. The highest BCUT2D eigenvalue weighted by Gasteiger charge is 2.39. The zero-order valence-electron chi connectivity index (χ0n) is 16.3. The van der Waals surface area contributed by atoms with Crippen LogP contribution >= 0.6 is 0 Å². The molecule has 3 rings (SSSR count). The van der Waals surface area contributed by atoms with Crippen molar-refractivity contribution in [3.63, 3.8) is 0 Å². The van der Waals surface area contributed by atoms with E-state index in [1.165, 1.54) is 4.90 Å². The number of hydrogen-bond donors (Lipinski definition) is 3. The molecule has 1 aliphatic heterocycles. The van der Waals surface area contributed by atoms with Crippen LogP contribution in [-0.4, -0.2) is 59.8 Å². The normalized spacial score (nSPS) is 18.0. The van der Waals surface area contributed by atoms with Crippen LogP contribution in [0, 0.1) is 11.8 Å². The summed E-state index contributed by atoms with van der Waals surface area (Å²) in [4.78, 5) is 27.7. The van der Waals surface area contributed by atoms with Gasteiger partial charge in [0.15, 0.2) is 0 Å². The van der Waals surface area contributed by atoms with Crippen molar-refractivity contribution >= 4 is 17.5 Å². The van der Waals surface area contributed by atoms with Crippen molar-refractivity contribution in [3.05, 3.63) is 65.2 Å². The number of aliphatic hydroxyl groups is 1. The van der Waals surface area contributed by atoms with Crippen LogP contribution < -0.4 is 10.4 Å². The Kier molecular flexibility index (Phi) is 6.17. The van der Waals surface area contributed by atoms with Gasteiger partial charge in [-0.2, -0.15) is 0 Å². The molecule has 0 aromatic heterocycles. The summed E-state index contributed by atoms with van der Waals surface area (Å²) >= 11 is 0. The third-order valence-corrected chi connectivity index (χ3v) is 4.82. The van der Waals surface area contributed by atoms with Crippen LogP contribution in [0.15, 0.2) is 48.5 Å². The van der Waals surface area contributed by atoms with Crippen molar-refractivity contribution in [1.82, 2.24) is 10.4 Å². The fourth-order valence-corrected chi connectivity index (χ4v) is 3.21. The van der Waals surface area contributed by atoms with E-state index in [0.29, 0.717) is 5.56 Å². The number of anilines is 1. The van der Waals surface area contributed by atoms with Gasteiger partial charge in [0.05, 0.1) is 6.10 Å². The van der Waals surface area contributed by atoms with Crippen LogP contribution in [0.3, 0.4) is 0 Å². The average molecular weight is 393 g/mol. The lowest BCUT2D eigenvalue weighted by atomic mass is 10.1. The van der Waals surface area contributed by atoms with Gasteiger partial charge in [-0.05, 0) is 48.5 Å². The topological polar surface area (TPSA) is 93.1 Å². The predicted octanol–water partition coefficient (Wildman–Crippen LogP) is 1.23. The number of β-amino-alcohol motifs (C(OH)–C–C–N with tert-alkyl or cyclic N) is 1. The molecule has 150 valence electrons. The number of rotatable bonds is 3. The van der Waals surface area contributed by atoms with Crippen LogP contribution in [0.4, 0.5) is 5.69 Å². The smallest absolute Gasteiger partial charge is 0.266 e. The second-order valence-corrected chi connectivity index (χ2v) is 7.11. The Labute approximate surface area is 169 Å². The van der Waals surface area contributed by atoms with Gasteiger partial charge in [0.1, 0.15) is 6.04 Å². The van der Waals surface area contributed by atoms with E-state index in [9.17, 15) is 14.7 Å². The molecule has 1 saturated heterocycles. The quantitative estimate of drug-likeness (QED) is 0.414. The van der Waals surface area contributed by atoms with Gasteiger partial charge in [-0.15, -0.1) is 0 Å². The number of nitrogens with zero attached hydrogens (tertiary/aromatic N) is 2. The SMILES string of the molecule is CN(C)c1ccc(C#Cc2ccc(C(=O)N3C[C@@H](O)C[C@H]3C(=O)NO)cc2)cc1. The third-order valence-electron chi connectivity index (χ3n) is 4.82. The Morgan fingerprint density at radius 3 is 2.10 bits per heavy atom. The molecule has 7 nitrogen and oxygen atoms in total. The van der Waals surface area contributed by atoms with Crippen LogP contribution in [0.5, 0.6) is 0 Å². The van der Waals surface area contributed by atoms with Crippen LogP contribution in [0.2, 0.25) is 0 Å². The van der Waals surface area contributed by atoms with E-state index in [1.807, 2.05) is 43.3 Å². The van der Waals surface area contributed by atoms with E-state index in [-0.39, 0.29) is 18.9 Å². The van der Waals surface area contributed by atoms with Gasteiger partial charge in [0.2, 0.25) is 0 Å². The maximum atomic E-state index is 12.7. The van der Waals surface area contributed by atoms with Gasteiger partial charge < -0.3 is 14.9 Å². The molecule has 1 heterocycles. The summed E-state index contributed by atoms with van der Waals surface area (Å²) in [5.41, 5.74) is 4.67. The molecule has 2 amide bonds. The molecule has 0 unspecified atom stereocenters. The summed E-state index contributed by atoms with van der Waals surface area (Å²) < 4.78 is 0. The predicted molar refractivity (Wildman–Crippen MR) is 109 cm³/mol. The molecule has 7 heteroatoms. The summed E-state index contributed by atoms with van der Waals surface area (Å²) in [5, 5.41) is 18.7. The third kappa shape index (κ3) is 4.74. The monoisotopic (exact) mass is 393 g/mol. The van der Waals surface area contributed by atoms with Crippen molar-refractivity contribution in [2.24, 2.45) is 0 Å². The van der Waals surface area contributed by atoms with E-state index in [2.05, 4.69) is 11.8 Å². The Balaban J connectivity index is 1.72. The van der Waals surface area contributed by atoms with E-state index in [1.54, 1.807) is 29.7 Å². The van der Waals surface area contributed by atoms with E-state index in [4.69, 9.17) is 5.21 Å². The largest absolute Gasteiger partial charge is 0.391 e. The Hall–Kier alpha value is -3.34. The molecule has 2 aromatic rings. The molecule has 0 radical (unpaired) electrons. The van der Waals surface area contributed by atoms with Gasteiger partial charge in [-0.25, -0.2) is 5.48 Å². The zero-order chi connectivity index (χ0) is 21.0. The summed E-state index contributed by atoms with van der Waals surface area (Å²) in [6.45, 7) is 0.0431. The number of aliphatic hydroxyl groups excluding tert-OH is 1. The number of nitrogens with one attached hydrogen (secondary N) is 1. The lowest BCUT2D eigenvalue weighted by Gasteiger charge is -2.22. The van der Waals surface area contributed by atoms with Gasteiger partial charge in [-0.3, -0.25) is 14.8 Å². The molecular formula is C22H23N3O4. The number of likely N-dealkylation sites (tertiary alicyclic amines) is 1. The molecular weight excluding hydrogens is 370 g/mol. The van der Waals surface area contributed by atoms with Crippen LogP contribution in [0.25, 0.3) is 0 Å². The molecule has 29 heavy (non-hydrogen) atoms. The number of hydroxylamine groups is 1. The second-order valence-electron chi connectivity index (χ2n) is 7.11. The fraction of sp³-hybridized carbons (Fsp3) is 0.273. The molecule has 0 spiro atoms. The highest BCUT2D eigenvalue weighted by Crippen LogP contribution is 2.21. The standard InChI is InChI=1S/C22H23N3O4/c1-24(2)18-11-7-16(8-12-18)4-3-15-5-9-17(10-6-15)22(28)25-14-19(26)13-20(25)21(27)23-29/h5-12,19-20,26,29H,13-14H2,1-2H3,(H,23,27)/t19-,20-/m0/s1. The first-order chi connectivity index (χ1) is 13.9. The molecule has 2 atom stereocenters. The first-order valence-electron chi connectivity index (χ1n) is 9.21. The van der Waals surface area contributed by atoms with Crippen molar-refractivity contribution < 1.29 is 19.9 Å². The van der Waals surface area contributed by atoms with E-state index >= 15 is 0 Å². The molecule has 1 fully saturated rings. The summed E-state index contributed by atoms with van der Waals surface area (Å²) in [7, 11) is 3.95. The highest BCUT2D eigenvalue weighted by atomic mass is 16.5. The lowest BCUT2D eigenvalue weighted by molar-refractivity contribution is -0.133. The van der Waals surface area contributed by atoms with Gasteiger partial charge in [0, 0.05) is 49.4 Å². The van der Waals surface area contributed by atoms with Crippen LogP contribution in [-0.2, 0) is 4.79 Å². The number of carbonyl (C=O) groups excluding carboxylic acids is 2. The first-order valence-corrected chi connectivity index (χ1v) is 9.21. The maximum absolute atomic E-state index is 12.7. The minimum atomic E-state index is -0.896.